The van der Waals surface area contributed by atoms with Crippen molar-refractivity contribution in [1.29, 1.82) is 0 Å². The van der Waals surface area contributed by atoms with Gasteiger partial charge < -0.3 is 15.2 Å². The molecule has 0 bridgehead atoms. The fourth-order valence-corrected chi connectivity index (χ4v) is 1.47. The Bertz CT molecular complexity index is 429. The number of nitrogens with one attached hydrogen (secondary N) is 1. The number of aliphatic hydroxyl groups excluding tert-OH is 1. The average molecular weight is 265 g/mol. The second-order valence-electron chi connectivity index (χ2n) is 5.62. The molecule has 0 aliphatic carbocycles. The van der Waals surface area contributed by atoms with E-state index in [0.29, 0.717) is 12.3 Å². The van der Waals surface area contributed by atoms with E-state index in [1.54, 1.807) is 6.92 Å². The summed E-state index contributed by atoms with van der Waals surface area (Å²) in [6, 6.07) is 7.58. The van der Waals surface area contributed by atoms with E-state index in [1.807, 2.05) is 45.0 Å². The quantitative estimate of drug-likeness (QED) is 0.826. The van der Waals surface area contributed by atoms with E-state index in [4.69, 9.17) is 9.84 Å². The molecule has 1 aromatic rings. The molecule has 0 heterocycles. The van der Waals surface area contributed by atoms with Crippen LogP contribution in [0.25, 0.3) is 0 Å². The van der Waals surface area contributed by atoms with E-state index in [-0.39, 0.29) is 17.9 Å². The lowest BCUT2D eigenvalue weighted by atomic mass is 9.95. The van der Waals surface area contributed by atoms with Gasteiger partial charge in [0.2, 0.25) is 0 Å². The zero-order chi connectivity index (χ0) is 14.5. The van der Waals surface area contributed by atoms with Gasteiger partial charge in [-0.1, -0.05) is 26.0 Å². The largest absolute Gasteiger partial charge is 0.481 e. The first-order chi connectivity index (χ1) is 8.84. The van der Waals surface area contributed by atoms with Crippen LogP contribution in [0.5, 0.6) is 5.75 Å². The lowest BCUT2D eigenvalue weighted by molar-refractivity contribution is -0.127. The van der Waals surface area contributed by atoms with Crippen LogP contribution < -0.4 is 10.1 Å². The van der Waals surface area contributed by atoms with E-state index in [0.717, 1.165) is 5.56 Å². The van der Waals surface area contributed by atoms with Crippen molar-refractivity contribution in [3.8, 4) is 5.75 Å². The number of ether oxygens (including phenoxy) is 1. The molecule has 4 nitrogen and oxygen atoms in total. The Labute approximate surface area is 114 Å². The molecule has 1 rings (SSSR count). The van der Waals surface area contributed by atoms with Crippen molar-refractivity contribution in [2.45, 2.75) is 33.8 Å². The lowest BCUT2D eigenvalue weighted by Crippen LogP contribution is -2.42. The van der Waals surface area contributed by atoms with Gasteiger partial charge in [-0.15, -0.1) is 0 Å². The minimum atomic E-state index is -0.559. The average Bonchev–Trinajstić information content (AvgIpc) is 2.36. The van der Waals surface area contributed by atoms with Crippen LogP contribution >= 0.6 is 0 Å². The third-order valence-corrected chi connectivity index (χ3v) is 2.84. The van der Waals surface area contributed by atoms with Gasteiger partial charge in [0.25, 0.3) is 5.91 Å². The Balaban J connectivity index is 2.49. The number of amides is 1. The number of hydrogen-bond donors (Lipinski definition) is 2. The molecular formula is C15H23NO3. The van der Waals surface area contributed by atoms with Gasteiger partial charge in [0.1, 0.15) is 5.75 Å². The summed E-state index contributed by atoms with van der Waals surface area (Å²) in [5, 5.41) is 11.9. The van der Waals surface area contributed by atoms with Gasteiger partial charge >= 0.3 is 0 Å². The molecular weight excluding hydrogens is 242 g/mol. The van der Waals surface area contributed by atoms with Crippen molar-refractivity contribution >= 4 is 5.91 Å². The van der Waals surface area contributed by atoms with E-state index in [1.165, 1.54) is 0 Å². The number of aliphatic hydroxyl groups is 1. The summed E-state index contributed by atoms with van der Waals surface area (Å²) in [7, 11) is 0. The van der Waals surface area contributed by atoms with Crippen molar-refractivity contribution in [3.63, 3.8) is 0 Å². The molecule has 0 aromatic heterocycles. The first kappa shape index (κ1) is 15.5. The Morgan fingerprint density at radius 1 is 1.47 bits per heavy atom. The molecule has 1 atom stereocenters. The predicted octanol–water partition coefficient (Wildman–Crippen LogP) is 1.90. The smallest absolute Gasteiger partial charge is 0.260 e. The second-order valence-corrected chi connectivity index (χ2v) is 5.62. The highest BCUT2D eigenvalue weighted by molar-refractivity contribution is 5.80. The second kappa shape index (κ2) is 6.57. The van der Waals surface area contributed by atoms with Crippen molar-refractivity contribution in [3.05, 3.63) is 29.8 Å². The van der Waals surface area contributed by atoms with Gasteiger partial charge in [0, 0.05) is 18.6 Å². The predicted molar refractivity (Wildman–Crippen MR) is 75.1 cm³/mol. The minimum absolute atomic E-state index is 0.0282. The molecule has 1 amide bonds. The zero-order valence-corrected chi connectivity index (χ0v) is 12.1. The van der Waals surface area contributed by atoms with Crippen molar-refractivity contribution in [2.75, 3.05) is 13.2 Å². The van der Waals surface area contributed by atoms with Crippen LogP contribution in [0.15, 0.2) is 24.3 Å². The SMILES string of the molecule is Cc1cccc(OC(C)C(=O)NCC(C)(C)CO)c1. The third-order valence-electron chi connectivity index (χ3n) is 2.84. The summed E-state index contributed by atoms with van der Waals surface area (Å²) >= 11 is 0. The number of carbonyl (C=O) groups is 1. The topological polar surface area (TPSA) is 58.6 Å². The summed E-state index contributed by atoms with van der Waals surface area (Å²) < 4.78 is 5.58. The molecule has 0 saturated carbocycles. The monoisotopic (exact) mass is 265 g/mol. The van der Waals surface area contributed by atoms with E-state index in [2.05, 4.69) is 5.32 Å². The number of aryl methyl sites for hydroxylation is 1. The number of carbonyl (C=O) groups excluding carboxylic acids is 1. The molecule has 1 unspecified atom stereocenters. The molecule has 19 heavy (non-hydrogen) atoms. The van der Waals surface area contributed by atoms with Crippen LogP contribution in [0.1, 0.15) is 26.3 Å². The van der Waals surface area contributed by atoms with Gasteiger partial charge in [-0.25, -0.2) is 0 Å². The van der Waals surface area contributed by atoms with Gasteiger partial charge in [-0.05, 0) is 31.5 Å². The van der Waals surface area contributed by atoms with Gasteiger partial charge in [0.05, 0.1) is 0 Å². The summed E-state index contributed by atoms with van der Waals surface area (Å²) in [4.78, 5) is 11.9. The number of hydrogen-bond acceptors (Lipinski definition) is 3. The molecule has 2 N–H and O–H groups in total. The summed E-state index contributed by atoms with van der Waals surface area (Å²) in [5.74, 6) is 0.507. The van der Waals surface area contributed by atoms with Crippen molar-refractivity contribution < 1.29 is 14.6 Å². The highest BCUT2D eigenvalue weighted by Crippen LogP contribution is 2.15. The summed E-state index contributed by atoms with van der Waals surface area (Å²) in [6.45, 7) is 7.91. The van der Waals surface area contributed by atoms with Crippen molar-refractivity contribution in [1.82, 2.24) is 5.32 Å². The molecule has 0 aliphatic rings. The van der Waals surface area contributed by atoms with E-state index >= 15 is 0 Å². The van der Waals surface area contributed by atoms with Crippen LogP contribution in [0.3, 0.4) is 0 Å². The van der Waals surface area contributed by atoms with Crippen LogP contribution in [0.2, 0.25) is 0 Å². The van der Waals surface area contributed by atoms with E-state index < -0.39 is 6.10 Å². The summed E-state index contributed by atoms with van der Waals surface area (Å²) in [6.07, 6.45) is -0.559. The van der Waals surface area contributed by atoms with Crippen LogP contribution in [0, 0.1) is 12.3 Å². The Hall–Kier alpha value is -1.55. The number of benzene rings is 1. The Kier molecular flexibility index (Phi) is 5.36. The highest BCUT2D eigenvalue weighted by atomic mass is 16.5. The van der Waals surface area contributed by atoms with Crippen LogP contribution in [-0.2, 0) is 4.79 Å². The molecule has 0 radical (unpaired) electrons. The molecule has 4 heteroatoms. The zero-order valence-electron chi connectivity index (χ0n) is 12.1. The first-order valence-electron chi connectivity index (χ1n) is 6.46. The van der Waals surface area contributed by atoms with Crippen LogP contribution in [0.4, 0.5) is 0 Å². The normalized spacial score (nSPS) is 12.9. The van der Waals surface area contributed by atoms with Gasteiger partial charge in [0.15, 0.2) is 6.10 Å². The van der Waals surface area contributed by atoms with Crippen molar-refractivity contribution in [2.24, 2.45) is 5.41 Å². The maximum atomic E-state index is 11.9. The number of rotatable bonds is 6. The summed E-state index contributed by atoms with van der Waals surface area (Å²) in [5.41, 5.74) is 0.769. The molecule has 106 valence electrons. The fourth-order valence-electron chi connectivity index (χ4n) is 1.47. The molecule has 0 aliphatic heterocycles. The Morgan fingerprint density at radius 2 is 2.16 bits per heavy atom. The van der Waals surface area contributed by atoms with Crippen LogP contribution in [-0.4, -0.2) is 30.3 Å². The minimum Gasteiger partial charge on any atom is -0.481 e. The Morgan fingerprint density at radius 3 is 2.74 bits per heavy atom. The lowest BCUT2D eigenvalue weighted by Gasteiger charge is -2.23. The van der Waals surface area contributed by atoms with Gasteiger partial charge in [-0.3, -0.25) is 4.79 Å². The molecule has 0 fully saturated rings. The maximum Gasteiger partial charge on any atom is 0.260 e. The molecule has 1 aromatic carbocycles. The third kappa shape index (κ3) is 5.30. The van der Waals surface area contributed by atoms with Gasteiger partial charge in [-0.2, -0.15) is 0 Å². The standard InChI is InChI=1S/C15H23NO3/c1-11-6-5-7-13(8-11)19-12(2)14(18)16-9-15(3,4)10-17/h5-8,12,17H,9-10H2,1-4H3,(H,16,18). The van der Waals surface area contributed by atoms with E-state index in [9.17, 15) is 4.79 Å². The highest BCUT2D eigenvalue weighted by Gasteiger charge is 2.20. The molecule has 0 saturated heterocycles. The maximum absolute atomic E-state index is 11.9. The first-order valence-corrected chi connectivity index (χ1v) is 6.46. The molecule has 0 spiro atoms. The fraction of sp³-hybridized carbons (Fsp3) is 0.533.